The van der Waals surface area contributed by atoms with Crippen LogP contribution in [0.4, 0.5) is 5.69 Å². The Morgan fingerprint density at radius 3 is 2.30 bits per heavy atom. The minimum Gasteiger partial charge on any atom is -0.494 e. The lowest BCUT2D eigenvalue weighted by molar-refractivity contribution is -0.123. The summed E-state index contributed by atoms with van der Waals surface area (Å²) in [5.41, 5.74) is 1.02. The third-order valence-electron chi connectivity index (χ3n) is 3.10. The highest BCUT2D eigenvalue weighted by molar-refractivity contribution is 5.97. The van der Waals surface area contributed by atoms with E-state index in [2.05, 4.69) is 5.32 Å². The number of hydrogen-bond acceptors (Lipinski definition) is 4. The van der Waals surface area contributed by atoms with Crippen LogP contribution in [0.3, 0.4) is 0 Å². The molecular formula is C18H19NO4. The van der Waals surface area contributed by atoms with Gasteiger partial charge >= 0.3 is 5.97 Å². The zero-order chi connectivity index (χ0) is 16.7. The number of esters is 1. The van der Waals surface area contributed by atoms with Crippen LogP contribution in [0.5, 0.6) is 5.75 Å². The van der Waals surface area contributed by atoms with E-state index in [-0.39, 0.29) is 5.91 Å². The van der Waals surface area contributed by atoms with Crippen LogP contribution in [0.15, 0.2) is 54.6 Å². The van der Waals surface area contributed by atoms with E-state index < -0.39 is 12.1 Å². The Kier molecular flexibility index (Phi) is 5.74. The van der Waals surface area contributed by atoms with Gasteiger partial charge in [-0.25, -0.2) is 4.79 Å². The molecule has 0 saturated carbocycles. The van der Waals surface area contributed by atoms with Gasteiger partial charge < -0.3 is 14.8 Å². The minimum absolute atomic E-state index is 0.368. The second-order valence-electron chi connectivity index (χ2n) is 4.86. The van der Waals surface area contributed by atoms with Gasteiger partial charge in [0.15, 0.2) is 6.10 Å². The van der Waals surface area contributed by atoms with Crippen LogP contribution >= 0.6 is 0 Å². The van der Waals surface area contributed by atoms with Crippen LogP contribution in [0, 0.1) is 0 Å². The molecule has 2 aromatic rings. The molecule has 0 radical (unpaired) electrons. The number of nitrogens with one attached hydrogen (secondary N) is 1. The third kappa shape index (κ3) is 4.85. The van der Waals surface area contributed by atoms with E-state index in [1.807, 2.05) is 25.1 Å². The van der Waals surface area contributed by atoms with Crippen molar-refractivity contribution in [2.24, 2.45) is 0 Å². The van der Waals surface area contributed by atoms with Crippen LogP contribution in [-0.2, 0) is 9.53 Å². The fourth-order valence-electron chi connectivity index (χ4n) is 1.90. The van der Waals surface area contributed by atoms with Gasteiger partial charge in [-0.2, -0.15) is 0 Å². The van der Waals surface area contributed by atoms with E-state index in [9.17, 15) is 9.59 Å². The summed E-state index contributed by atoms with van der Waals surface area (Å²) >= 11 is 0. The Balaban J connectivity index is 1.92. The van der Waals surface area contributed by atoms with E-state index in [0.29, 0.717) is 23.6 Å². The van der Waals surface area contributed by atoms with E-state index in [4.69, 9.17) is 9.47 Å². The normalized spacial score (nSPS) is 11.4. The Hall–Kier alpha value is -2.82. The van der Waals surface area contributed by atoms with Crippen LogP contribution in [-0.4, -0.2) is 24.6 Å². The van der Waals surface area contributed by atoms with Crippen molar-refractivity contribution in [3.05, 3.63) is 60.2 Å². The highest BCUT2D eigenvalue weighted by Gasteiger charge is 2.19. The number of hydrogen-bond donors (Lipinski definition) is 1. The fourth-order valence-corrected chi connectivity index (χ4v) is 1.90. The number of carbonyl (C=O) groups excluding carboxylic acids is 2. The number of benzene rings is 2. The first kappa shape index (κ1) is 16.5. The van der Waals surface area contributed by atoms with Crippen molar-refractivity contribution in [1.82, 2.24) is 0 Å². The minimum atomic E-state index is -0.894. The summed E-state index contributed by atoms with van der Waals surface area (Å²) < 4.78 is 10.5. The van der Waals surface area contributed by atoms with Gasteiger partial charge in [0.1, 0.15) is 5.75 Å². The van der Waals surface area contributed by atoms with E-state index in [1.165, 1.54) is 6.92 Å². The zero-order valence-corrected chi connectivity index (χ0v) is 13.1. The number of anilines is 1. The Labute approximate surface area is 135 Å². The van der Waals surface area contributed by atoms with Gasteiger partial charge in [0, 0.05) is 5.69 Å². The van der Waals surface area contributed by atoms with Crippen molar-refractivity contribution >= 4 is 17.6 Å². The molecule has 23 heavy (non-hydrogen) atoms. The summed E-state index contributed by atoms with van der Waals surface area (Å²) in [6.45, 7) is 3.97. The first-order chi connectivity index (χ1) is 11.1. The van der Waals surface area contributed by atoms with Crippen LogP contribution in [0.1, 0.15) is 24.2 Å². The molecule has 0 aliphatic carbocycles. The maximum atomic E-state index is 12.0. The molecule has 0 aliphatic heterocycles. The van der Waals surface area contributed by atoms with Crippen molar-refractivity contribution < 1.29 is 19.1 Å². The molecule has 5 nitrogen and oxygen atoms in total. The Bertz CT molecular complexity index is 652. The number of amides is 1. The Morgan fingerprint density at radius 1 is 1.04 bits per heavy atom. The fraction of sp³-hybridized carbons (Fsp3) is 0.222. The van der Waals surface area contributed by atoms with E-state index in [0.717, 1.165) is 0 Å². The second kappa shape index (κ2) is 7.98. The summed E-state index contributed by atoms with van der Waals surface area (Å²) in [6.07, 6.45) is -0.894. The average molecular weight is 313 g/mol. The summed E-state index contributed by atoms with van der Waals surface area (Å²) in [7, 11) is 0. The van der Waals surface area contributed by atoms with Crippen molar-refractivity contribution in [2.75, 3.05) is 11.9 Å². The lowest BCUT2D eigenvalue weighted by Gasteiger charge is -2.13. The van der Waals surface area contributed by atoms with E-state index in [1.54, 1.807) is 36.4 Å². The quantitative estimate of drug-likeness (QED) is 0.831. The van der Waals surface area contributed by atoms with Gasteiger partial charge in [-0.05, 0) is 50.2 Å². The van der Waals surface area contributed by atoms with Crippen LogP contribution in [0.2, 0.25) is 0 Å². The van der Waals surface area contributed by atoms with Gasteiger partial charge in [-0.3, -0.25) is 4.79 Å². The molecule has 0 aliphatic rings. The highest BCUT2D eigenvalue weighted by Crippen LogP contribution is 2.14. The summed E-state index contributed by atoms with van der Waals surface area (Å²) in [5.74, 6) is -0.252. The molecular weight excluding hydrogens is 294 g/mol. The van der Waals surface area contributed by atoms with Crippen molar-refractivity contribution in [2.45, 2.75) is 20.0 Å². The molecule has 0 heterocycles. The monoisotopic (exact) mass is 313 g/mol. The van der Waals surface area contributed by atoms with Crippen molar-refractivity contribution in [3.63, 3.8) is 0 Å². The molecule has 0 bridgehead atoms. The van der Waals surface area contributed by atoms with Crippen LogP contribution < -0.4 is 10.1 Å². The molecule has 0 fully saturated rings. The Morgan fingerprint density at radius 2 is 1.70 bits per heavy atom. The van der Waals surface area contributed by atoms with Gasteiger partial charge in [-0.1, -0.05) is 18.2 Å². The standard InChI is InChI=1S/C18H19NO4/c1-3-22-16-11-9-14(10-12-16)18(21)23-13(2)17(20)19-15-7-5-4-6-8-15/h4-13H,3H2,1-2H3,(H,19,20)/t13-/m0/s1. The molecule has 1 atom stereocenters. The molecule has 0 aromatic heterocycles. The topological polar surface area (TPSA) is 64.6 Å². The summed E-state index contributed by atoms with van der Waals surface area (Å²) in [4.78, 5) is 24.0. The molecule has 2 aromatic carbocycles. The predicted octanol–water partition coefficient (Wildman–Crippen LogP) is 3.27. The first-order valence-electron chi connectivity index (χ1n) is 7.40. The van der Waals surface area contributed by atoms with Gasteiger partial charge in [-0.15, -0.1) is 0 Å². The molecule has 0 unspecified atom stereocenters. The van der Waals surface area contributed by atoms with Gasteiger partial charge in [0.05, 0.1) is 12.2 Å². The smallest absolute Gasteiger partial charge is 0.338 e. The number of para-hydroxylation sites is 1. The molecule has 0 spiro atoms. The third-order valence-corrected chi connectivity index (χ3v) is 3.10. The van der Waals surface area contributed by atoms with E-state index >= 15 is 0 Å². The summed E-state index contributed by atoms with van der Waals surface area (Å²) in [5, 5.41) is 2.69. The van der Waals surface area contributed by atoms with Crippen LogP contribution in [0.25, 0.3) is 0 Å². The molecule has 1 amide bonds. The lowest BCUT2D eigenvalue weighted by atomic mass is 10.2. The molecule has 2 rings (SSSR count). The zero-order valence-electron chi connectivity index (χ0n) is 13.1. The van der Waals surface area contributed by atoms with Crippen molar-refractivity contribution in [3.8, 4) is 5.75 Å². The second-order valence-corrected chi connectivity index (χ2v) is 4.86. The number of carbonyl (C=O) groups is 2. The average Bonchev–Trinajstić information content (AvgIpc) is 2.56. The lowest BCUT2D eigenvalue weighted by Crippen LogP contribution is -2.29. The maximum absolute atomic E-state index is 12.0. The number of rotatable bonds is 6. The molecule has 5 heteroatoms. The van der Waals surface area contributed by atoms with Gasteiger partial charge in [0.25, 0.3) is 5.91 Å². The molecule has 1 N–H and O–H groups in total. The number of ether oxygens (including phenoxy) is 2. The molecule has 120 valence electrons. The van der Waals surface area contributed by atoms with Crippen molar-refractivity contribution in [1.29, 1.82) is 0 Å². The molecule has 0 saturated heterocycles. The maximum Gasteiger partial charge on any atom is 0.338 e. The summed E-state index contributed by atoms with van der Waals surface area (Å²) in [6, 6.07) is 15.6. The largest absolute Gasteiger partial charge is 0.494 e. The highest BCUT2D eigenvalue weighted by atomic mass is 16.5. The SMILES string of the molecule is CCOc1ccc(C(=O)O[C@@H](C)C(=O)Nc2ccccc2)cc1. The predicted molar refractivity (Wildman–Crippen MR) is 87.6 cm³/mol. The first-order valence-corrected chi connectivity index (χ1v) is 7.40. The van der Waals surface area contributed by atoms with Gasteiger partial charge in [0.2, 0.25) is 0 Å².